The van der Waals surface area contributed by atoms with Gasteiger partial charge in [-0.2, -0.15) is 0 Å². The third-order valence-corrected chi connectivity index (χ3v) is 4.88. The van der Waals surface area contributed by atoms with Crippen molar-refractivity contribution in [1.82, 2.24) is 5.32 Å². The number of aliphatic carboxylic acids is 1. The van der Waals surface area contributed by atoms with Crippen LogP contribution in [-0.2, 0) is 11.2 Å². The second-order valence-corrected chi connectivity index (χ2v) is 7.13. The van der Waals surface area contributed by atoms with Gasteiger partial charge in [0.2, 0.25) is 0 Å². The molecule has 1 aromatic heterocycles. The highest BCUT2D eigenvalue weighted by atomic mass is 127. The van der Waals surface area contributed by atoms with Gasteiger partial charge < -0.3 is 5.11 Å². The van der Waals surface area contributed by atoms with Gasteiger partial charge in [0.05, 0.1) is 2.88 Å². The van der Waals surface area contributed by atoms with Crippen LogP contribution in [0.1, 0.15) is 36.2 Å². The molecule has 0 fully saturated rings. The fourth-order valence-corrected chi connectivity index (χ4v) is 4.19. The lowest BCUT2D eigenvalue weighted by Crippen LogP contribution is -2.37. The van der Waals surface area contributed by atoms with Crippen LogP contribution in [0.2, 0.25) is 0 Å². The molecule has 0 saturated carbocycles. The first-order valence-electron chi connectivity index (χ1n) is 5.35. The van der Waals surface area contributed by atoms with Crippen LogP contribution in [0.4, 0.5) is 0 Å². The van der Waals surface area contributed by atoms with E-state index in [1.165, 1.54) is 13.3 Å². The molecule has 5 heteroatoms. The first kappa shape index (κ1) is 12.3. The highest BCUT2D eigenvalue weighted by molar-refractivity contribution is 14.1. The number of fused-ring (bicyclic) bond motifs is 1. The minimum Gasteiger partial charge on any atom is -0.480 e. The van der Waals surface area contributed by atoms with E-state index < -0.39 is 12.0 Å². The summed E-state index contributed by atoms with van der Waals surface area (Å²) in [6.45, 7) is 1.70. The Balaban J connectivity index is 2.15. The Morgan fingerprint density at radius 2 is 2.50 bits per heavy atom. The molecule has 1 aliphatic carbocycles. The lowest BCUT2D eigenvalue weighted by Gasteiger charge is -2.25. The van der Waals surface area contributed by atoms with Crippen LogP contribution in [0, 0.1) is 2.88 Å². The first-order chi connectivity index (χ1) is 7.58. The monoisotopic (exact) mass is 351 g/mol. The molecule has 0 radical (unpaired) electrons. The molecule has 0 aliphatic heterocycles. The zero-order valence-corrected chi connectivity index (χ0v) is 12.0. The molecule has 0 bridgehead atoms. The Hall–Kier alpha value is -0.140. The topological polar surface area (TPSA) is 49.3 Å². The van der Waals surface area contributed by atoms with E-state index in [1.54, 1.807) is 6.92 Å². The van der Waals surface area contributed by atoms with Gasteiger partial charge in [-0.15, -0.1) is 11.3 Å². The minimum absolute atomic E-state index is 0.217. The molecule has 0 saturated heterocycles. The van der Waals surface area contributed by atoms with Gasteiger partial charge in [-0.1, -0.05) is 0 Å². The van der Waals surface area contributed by atoms with Crippen LogP contribution >= 0.6 is 33.9 Å². The van der Waals surface area contributed by atoms with E-state index in [-0.39, 0.29) is 6.04 Å². The molecule has 0 spiro atoms. The highest BCUT2D eigenvalue weighted by Crippen LogP contribution is 2.36. The average Bonchev–Trinajstić information content (AvgIpc) is 2.59. The van der Waals surface area contributed by atoms with Crippen molar-refractivity contribution in [3.8, 4) is 0 Å². The van der Waals surface area contributed by atoms with Crippen molar-refractivity contribution in [3.05, 3.63) is 19.4 Å². The van der Waals surface area contributed by atoms with Crippen molar-refractivity contribution >= 4 is 39.9 Å². The number of halogens is 1. The van der Waals surface area contributed by atoms with E-state index in [4.69, 9.17) is 5.11 Å². The predicted octanol–water partition coefficient (Wildman–Crippen LogP) is 2.79. The number of carboxylic acids is 1. The smallest absolute Gasteiger partial charge is 0.320 e. The molecule has 2 unspecified atom stereocenters. The number of hydrogen-bond donors (Lipinski definition) is 2. The summed E-state index contributed by atoms with van der Waals surface area (Å²) in [7, 11) is 0. The number of hydrogen-bond acceptors (Lipinski definition) is 3. The van der Waals surface area contributed by atoms with Gasteiger partial charge in [0.15, 0.2) is 0 Å². The highest BCUT2D eigenvalue weighted by Gasteiger charge is 2.25. The van der Waals surface area contributed by atoms with Gasteiger partial charge in [0.1, 0.15) is 6.04 Å². The van der Waals surface area contributed by atoms with Crippen LogP contribution in [0.3, 0.4) is 0 Å². The number of nitrogens with one attached hydrogen (secondary N) is 1. The van der Waals surface area contributed by atoms with Gasteiger partial charge in [-0.3, -0.25) is 10.1 Å². The molecule has 0 amide bonds. The summed E-state index contributed by atoms with van der Waals surface area (Å²) in [5, 5.41) is 12.1. The molecule has 2 rings (SSSR count). The van der Waals surface area contributed by atoms with E-state index in [0.29, 0.717) is 0 Å². The Labute approximate surface area is 112 Å². The molecule has 3 nitrogen and oxygen atoms in total. The zero-order valence-electron chi connectivity index (χ0n) is 9.00. The summed E-state index contributed by atoms with van der Waals surface area (Å²) in [5.41, 5.74) is 1.31. The third kappa shape index (κ3) is 2.57. The van der Waals surface area contributed by atoms with Gasteiger partial charge in [0.25, 0.3) is 0 Å². The molecular formula is C11H14INO2S. The lowest BCUT2D eigenvalue weighted by molar-refractivity contribution is -0.139. The normalized spacial score (nSPS) is 21.5. The predicted molar refractivity (Wildman–Crippen MR) is 72.9 cm³/mol. The molecule has 16 heavy (non-hydrogen) atoms. The molecule has 1 aliphatic rings. The maximum Gasteiger partial charge on any atom is 0.320 e. The van der Waals surface area contributed by atoms with Crippen LogP contribution in [0.5, 0.6) is 0 Å². The van der Waals surface area contributed by atoms with Crippen LogP contribution in [-0.4, -0.2) is 17.1 Å². The summed E-state index contributed by atoms with van der Waals surface area (Å²) in [4.78, 5) is 12.3. The van der Waals surface area contributed by atoms with Gasteiger partial charge in [-0.25, -0.2) is 0 Å². The Morgan fingerprint density at radius 3 is 3.19 bits per heavy atom. The fourth-order valence-electron chi connectivity index (χ4n) is 2.07. The Kier molecular flexibility index (Phi) is 3.86. The van der Waals surface area contributed by atoms with E-state index in [1.807, 2.05) is 11.3 Å². The first-order valence-corrected chi connectivity index (χ1v) is 7.24. The summed E-state index contributed by atoms with van der Waals surface area (Å²) >= 11 is 4.16. The second-order valence-electron chi connectivity index (χ2n) is 4.10. The second kappa shape index (κ2) is 5.01. The molecule has 1 heterocycles. The van der Waals surface area contributed by atoms with Crippen LogP contribution < -0.4 is 5.32 Å². The Morgan fingerprint density at radius 1 is 1.75 bits per heavy atom. The van der Waals surface area contributed by atoms with Crippen molar-refractivity contribution in [2.75, 3.05) is 0 Å². The summed E-state index contributed by atoms with van der Waals surface area (Å²) in [6, 6.07) is 1.93. The van der Waals surface area contributed by atoms with E-state index in [0.717, 1.165) is 19.3 Å². The number of thiophene rings is 1. The maximum atomic E-state index is 10.8. The van der Waals surface area contributed by atoms with E-state index in [2.05, 4.69) is 34.0 Å². The fraction of sp³-hybridized carbons (Fsp3) is 0.545. The SMILES string of the molecule is CC(NC1CCCc2sc(I)cc21)C(=O)O. The van der Waals surface area contributed by atoms with Crippen molar-refractivity contribution in [2.24, 2.45) is 0 Å². The maximum absolute atomic E-state index is 10.8. The van der Waals surface area contributed by atoms with Crippen molar-refractivity contribution in [1.29, 1.82) is 0 Å². The summed E-state index contributed by atoms with van der Waals surface area (Å²) < 4.78 is 1.29. The molecule has 0 aromatic carbocycles. The molecule has 2 atom stereocenters. The number of carbonyl (C=O) groups is 1. The minimum atomic E-state index is -0.781. The van der Waals surface area contributed by atoms with Gasteiger partial charge in [0, 0.05) is 10.9 Å². The average molecular weight is 351 g/mol. The standard InChI is InChI=1S/C11H14INO2S/c1-6(11(14)15)13-8-3-2-4-9-7(8)5-10(12)16-9/h5-6,8,13H,2-4H2,1H3,(H,14,15). The van der Waals surface area contributed by atoms with Crippen molar-refractivity contribution in [3.63, 3.8) is 0 Å². The number of carboxylic acid groups (broad SMARTS) is 1. The van der Waals surface area contributed by atoms with Crippen molar-refractivity contribution < 1.29 is 9.90 Å². The largest absolute Gasteiger partial charge is 0.480 e. The quantitative estimate of drug-likeness (QED) is 0.824. The van der Waals surface area contributed by atoms with Crippen LogP contribution in [0.15, 0.2) is 6.07 Å². The third-order valence-electron chi connectivity index (χ3n) is 2.91. The summed E-state index contributed by atoms with van der Waals surface area (Å²) in [5.74, 6) is -0.781. The van der Waals surface area contributed by atoms with Gasteiger partial charge in [-0.05, 0) is 60.4 Å². The molecule has 88 valence electrons. The molecule has 2 N–H and O–H groups in total. The number of aryl methyl sites for hydroxylation is 1. The Bertz CT molecular complexity index is 405. The van der Waals surface area contributed by atoms with E-state index in [9.17, 15) is 4.79 Å². The van der Waals surface area contributed by atoms with E-state index >= 15 is 0 Å². The van der Waals surface area contributed by atoms with Gasteiger partial charge >= 0.3 is 5.97 Å². The molecular weight excluding hydrogens is 337 g/mol. The van der Waals surface area contributed by atoms with Crippen LogP contribution in [0.25, 0.3) is 0 Å². The zero-order chi connectivity index (χ0) is 11.7. The number of rotatable bonds is 3. The lowest BCUT2D eigenvalue weighted by atomic mass is 9.93. The molecule has 1 aromatic rings. The van der Waals surface area contributed by atoms with Crippen molar-refractivity contribution in [2.45, 2.75) is 38.3 Å². The summed E-state index contributed by atoms with van der Waals surface area (Å²) in [6.07, 6.45) is 3.33.